The van der Waals surface area contributed by atoms with Crippen LogP contribution in [0.3, 0.4) is 0 Å². The molecule has 0 spiro atoms. The number of aromatic nitrogens is 1. The van der Waals surface area contributed by atoms with E-state index in [1.165, 1.54) is 29.5 Å². The Morgan fingerprint density at radius 2 is 1.78 bits per heavy atom. The number of benzene rings is 1. The summed E-state index contributed by atoms with van der Waals surface area (Å²) in [6, 6.07) is 6.42. The molecule has 1 fully saturated rings. The molecule has 1 aromatic heterocycles. The third-order valence-electron chi connectivity index (χ3n) is 7.81. The monoisotopic (exact) mass is 457 g/mol. The Hall–Kier alpha value is -1.47. The molecule has 0 bridgehead atoms. The Labute approximate surface area is 196 Å². The van der Waals surface area contributed by atoms with Crippen molar-refractivity contribution < 1.29 is 10.2 Å². The summed E-state index contributed by atoms with van der Waals surface area (Å²) in [6.07, 6.45) is 4.53. The van der Waals surface area contributed by atoms with Gasteiger partial charge in [-0.2, -0.15) is 0 Å². The van der Waals surface area contributed by atoms with E-state index in [1.54, 1.807) is 11.3 Å². The van der Waals surface area contributed by atoms with Gasteiger partial charge in [-0.25, -0.2) is 4.98 Å². The van der Waals surface area contributed by atoms with Gasteiger partial charge >= 0.3 is 0 Å². The van der Waals surface area contributed by atoms with E-state index in [1.807, 2.05) is 0 Å². The van der Waals surface area contributed by atoms with Crippen molar-refractivity contribution in [2.75, 3.05) is 24.6 Å². The van der Waals surface area contributed by atoms with Crippen LogP contribution in [-0.4, -0.2) is 47.0 Å². The summed E-state index contributed by atoms with van der Waals surface area (Å²) in [5.74, 6) is 0.449. The van der Waals surface area contributed by atoms with E-state index in [2.05, 4.69) is 56.2 Å². The number of hydrogen-bond donors (Lipinski definition) is 3. The normalized spacial score (nSPS) is 22.4. The number of aliphatic hydroxyl groups excluding tert-OH is 2. The molecular formula is C26H39N3O2S. The molecule has 32 heavy (non-hydrogen) atoms. The molecule has 2 aromatic rings. The van der Waals surface area contributed by atoms with Gasteiger partial charge in [-0.1, -0.05) is 39.8 Å². The number of nitrogens with zero attached hydrogens (tertiary/aromatic N) is 2. The molecule has 1 saturated heterocycles. The van der Waals surface area contributed by atoms with Crippen LogP contribution in [0, 0.1) is 5.92 Å². The number of piperidine rings is 1. The lowest BCUT2D eigenvalue weighted by atomic mass is 9.63. The van der Waals surface area contributed by atoms with Crippen LogP contribution in [0.1, 0.15) is 70.9 Å². The van der Waals surface area contributed by atoms with Crippen molar-refractivity contribution in [1.29, 1.82) is 0 Å². The van der Waals surface area contributed by atoms with Gasteiger partial charge in [0.25, 0.3) is 0 Å². The SMILES string of the molecule is CC1(C)CCC(C)(C)c2cc(-c3csc(N4CCC(C[C@H](O)[C@@H](N)CO)CC4)n3)ccc21. The molecule has 1 aromatic carbocycles. The molecule has 5 nitrogen and oxygen atoms in total. The van der Waals surface area contributed by atoms with Crippen LogP contribution in [0.2, 0.25) is 0 Å². The zero-order chi connectivity index (χ0) is 23.1. The van der Waals surface area contributed by atoms with Crippen molar-refractivity contribution in [3.8, 4) is 11.3 Å². The van der Waals surface area contributed by atoms with Crippen LogP contribution in [0.25, 0.3) is 11.3 Å². The van der Waals surface area contributed by atoms with Crippen molar-refractivity contribution >= 4 is 16.5 Å². The third-order valence-corrected chi connectivity index (χ3v) is 8.71. The summed E-state index contributed by atoms with van der Waals surface area (Å²) >= 11 is 1.72. The molecule has 4 rings (SSSR count). The van der Waals surface area contributed by atoms with Gasteiger partial charge in [0.15, 0.2) is 5.13 Å². The fourth-order valence-electron chi connectivity index (χ4n) is 5.29. The van der Waals surface area contributed by atoms with Crippen LogP contribution in [0.4, 0.5) is 5.13 Å². The van der Waals surface area contributed by atoms with Crippen LogP contribution in [-0.2, 0) is 10.8 Å². The van der Waals surface area contributed by atoms with Gasteiger partial charge in [-0.05, 0) is 66.0 Å². The summed E-state index contributed by atoms with van der Waals surface area (Å²) in [6.45, 7) is 11.2. The van der Waals surface area contributed by atoms with E-state index in [-0.39, 0.29) is 17.4 Å². The Balaban J connectivity index is 1.45. The summed E-state index contributed by atoms with van der Waals surface area (Å²) in [5.41, 5.74) is 11.4. The maximum Gasteiger partial charge on any atom is 0.185 e. The molecule has 176 valence electrons. The Kier molecular flexibility index (Phi) is 6.70. The lowest BCUT2D eigenvalue weighted by molar-refractivity contribution is 0.0822. The van der Waals surface area contributed by atoms with Crippen LogP contribution in [0.5, 0.6) is 0 Å². The molecule has 2 heterocycles. The molecule has 1 aliphatic carbocycles. The zero-order valence-corrected chi connectivity index (χ0v) is 20.8. The molecule has 0 saturated carbocycles. The molecule has 2 aliphatic rings. The van der Waals surface area contributed by atoms with Gasteiger partial charge in [-0.3, -0.25) is 0 Å². The van der Waals surface area contributed by atoms with E-state index < -0.39 is 12.1 Å². The highest BCUT2D eigenvalue weighted by molar-refractivity contribution is 7.14. The van der Waals surface area contributed by atoms with Crippen LogP contribution in [0.15, 0.2) is 23.6 Å². The van der Waals surface area contributed by atoms with Crippen molar-refractivity contribution in [1.82, 2.24) is 4.98 Å². The second kappa shape index (κ2) is 9.05. The zero-order valence-electron chi connectivity index (χ0n) is 20.0. The molecule has 2 atom stereocenters. The van der Waals surface area contributed by atoms with Crippen molar-refractivity contribution in [2.24, 2.45) is 11.7 Å². The van der Waals surface area contributed by atoms with Gasteiger partial charge in [0.1, 0.15) is 0 Å². The van der Waals surface area contributed by atoms with Gasteiger partial charge in [0, 0.05) is 24.0 Å². The maximum atomic E-state index is 10.1. The molecule has 1 aliphatic heterocycles. The fourth-order valence-corrected chi connectivity index (χ4v) is 6.18. The fraction of sp³-hybridized carbons (Fsp3) is 0.654. The summed E-state index contributed by atoms with van der Waals surface area (Å²) in [7, 11) is 0. The van der Waals surface area contributed by atoms with Crippen molar-refractivity contribution in [2.45, 2.75) is 82.8 Å². The molecule has 4 N–H and O–H groups in total. The summed E-state index contributed by atoms with van der Waals surface area (Å²) < 4.78 is 0. The van der Waals surface area contributed by atoms with E-state index in [9.17, 15) is 5.11 Å². The number of anilines is 1. The quantitative estimate of drug-likeness (QED) is 0.597. The van der Waals surface area contributed by atoms with Crippen LogP contribution >= 0.6 is 11.3 Å². The first kappa shape index (κ1) is 23.7. The maximum absolute atomic E-state index is 10.1. The first-order chi connectivity index (χ1) is 15.1. The van der Waals surface area contributed by atoms with Crippen molar-refractivity contribution in [3.05, 3.63) is 34.7 Å². The highest BCUT2D eigenvalue weighted by Crippen LogP contribution is 2.47. The first-order valence-electron chi connectivity index (χ1n) is 12.0. The van der Waals surface area contributed by atoms with Gasteiger partial charge in [0.05, 0.1) is 24.4 Å². The topological polar surface area (TPSA) is 82.6 Å². The summed E-state index contributed by atoms with van der Waals surface area (Å²) in [4.78, 5) is 7.38. The van der Waals surface area contributed by atoms with E-state index in [0.717, 1.165) is 36.8 Å². The highest BCUT2D eigenvalue weighted by atomic mass is 32.1. The molecule has 0 radical (unpaired) electrons. The predicted molar refractivity (Wildman–Crippen MR) is 133 cm³/mol. The Morgan fingerprint density at radius 3 is 2.44 bits per heavy atom. The first-order valence-corrected chi connectivity index (χ1v) is 12.9. The summed E-state index contributed by atoms with van der Waals surface area (Å²) in [5, 5.41) is 22.5. The highest BCUT2D eigenvalue weighted by Gasteiger charge is 2.37. The lowest BCUT2D eigenvalue weighted by Crippen LogP contribution is -2.41. The number of fused-ring (bicyclic) bond motifs is 1. The third kappa shape index (κ3) is 4.74. The number of aliphatic hydroxyl groups is 2. The van der Waals surface area contributed by atoms with Crippen LogP contribution < -0.4 is 10.6 Å². The van der Waals surface area contributed by atoms with Crippen molar-refractivity contribution in [3.63, 3.8) is 0 Å². The molecule has 0 unspecified atom stereocenters. The molecule has 6 heteroatoms. The largest absolute Gasteiger partial charge is 0.395 e. The number of nitrogens with two attached hydrogens (primary N) is 1. The average Bonchev–Trinajstić information content (AvgIpc) is 3.27. The smallest absolute Gasteiger partial charge is 0.185 e. The van der Waals surface area contributed by atoms with Gasteiger partial charge in [-0.15, -0.1) is 11.3 Å². The number of thiazole rings is 1. The Bertz CT molecular complexity index is 931. The van der Waals surface area contributed by atoms with Gasteiger partial charge < -0.3 is 20.8 Å². The minimum absolute atomic E-state index is 0.167. The number of hydrogen-bond acceptors (Lipinski definition) is 6. The number of rotatable bonds is 6. The second-order valence-corrected chi connectivity index (χ2v) is 12.0. The van der Waals surface area contributed by atoms with E-state index in [0.29, 0.717) is 12.3 Å². The lowest BCUT2D eigenvalue weighted by Gasteiger charge is -2.42. The van der Waals surface area contributed by atoms with E-state index in [4.69, 9.17) is 15.8 Å². The van der Waals surface area contributed by atoms with E-state index >= 15 is 0 Å². The predicted octanol–water partition coefficient (Wildman–Crippen LogP) is 4.45. The minimum Gasteiger partial charge on any atom is -0.395 e. The second-order valence-electron chi connectivity index (χ2n) is 11.1. The minimum atomic E-state index is -0.624. The molecule has 0 amide bonds. The molecular weight excluding hydrogens is 418 g/mol. The standard InChI is InChI=1S/C26H39N3O2S/c1-25(2)9-10-26(3,4)20-14-18(5-6-19(20)25)22-16-32-24(28-22)29-11-7-17(8-12-29)13-23(31)21(27)15-30/h5-6,14,16-17,21,23,30-31H,7-13,15,27H2,1-4H3/t21-,23-/m0/s1. The Morgan fingerprint density at radius 1 is 1.12 bits per heavy atom. The average molecular weight is 458 g/mol. The van der Waals surface area contributed by atoms with Gasteiger partial charge in [0.2, 0.25) is 0 Å².